The second-order valence-electron chi connectivity index (χ2n) is 6.62. The second kappa shape index (κ2) is 8.29. The number of benzene rings is 2. The van der Waals surface area contributed by atoms with E-state index in [2.05, 4.69) is 16.2 Å². The minimum Gasteiger partial charge on any atom is -0.496 e. The van der Waals surface area contributed by atoms with Crippen molar-refractivity contribution in [2.45, 2.75) is 25.3 Å². The lowest BCUT2D eigenvalue weighted by atomic mass is 9.97. The molecule has 1 amide bonds. The van der Waals surface area contributed by atoms with E-state index in [-0.39, 0.29) is 17.8 Å². The van der Waals surface area contributed by atoms with E-state index >= 15 is 0 Å². The third kappa shape index (κ3) is 4.39. The Morgan fingerprint density at radius 3 is 2.58 bits per heavy atom. The molecule has 0 aliphatic carbocycles. The normalized spacial score (nSPS) is 15.7. The van der Waals surface area contributed by atoms with E-state index in [9.17, 15) is 9.18 Å². The van der Waals surface area contributed by atoms with E-state index in [1.807, 2.05) is 19.1 Å². The van der Waals surface area contributed by atoms with Crippen LogP contribution in [0.4, 0.5) is 4.39 Å². The van der Waals surface area contributed by atoms with Crippen molar-refractivity contribution in [1.29, 1.82) is 0 Å². The Kier molecular flexibility index (Phi) is 5.85. The molecule has 3 N–H and O–H groups in total. The van der Waals surface area contributed by atoms with Crippen molar-refractivity contribution in [3.05, 3.63) is 65.0 Å². The third-order valence-corrected chi connectivity index (χ3v) is 4.59. The lowest BCUT2D eigenvalue weighted by Crippen LogP contribution is -2.34. The molecule has 1 saturated heterocycles. The van der Waals surface area contributed by atoms with Crippen molar-refractivity contribution in [3.63, 3.8) is 0 Å². The lowest BCUT2D eigenvalue weighted by molar-refractivity contribution is 0.0939. The van der Waals surface area contributed by atoms with Crippen molar-refractivity contribution in [1.82, 2.24) is 16.2 Å². The highest BCUT2D eigenvalue weighted by atomic mass is 19.1. The van der Waals surface area contributed by atoms with Gasteiger partial charge in [-0.1, -0.05) is 18.2 Å². The molecule has 2 aromatic rings. The van der Waals surface area contributed by atoms with Crippen molar-refractivity contribution < 1.29 is 13.9 Å². The lowest BCUT2D eigenvalue weighted by Gasteiger charge is -2.17. The Morgan fingerprint density at radius 1 is 1.23 bits per heavy atom. The molecule has 1 aliphatic heterocycles. The summed E-state index contributed by atoms with van der Waals surface area (Å²) < 4.78 is 18.5. The van der Waals surface area contributed by atoms with Crippen LogP contribution in [0.2, 0.25) is 0 Å². The molecule has 1 heterocycles. The minimum atomic E-state index is -0.259. The fourth-order valence-corrected chi connectivity index (χ4v) is 3.20. The van der Waals surface area contributed by atoms with Gasteiger partial charge >= 0.3 is 0 Å². The molecule has 1 aliphatic rings. The number of hydrogen-bond donors (Lipinski definition) is 3. The van der Waals surface area contributed by atoms with Crippen molar-refractivity contribution in [2.75, 3.05) is 20.2 Å². The van der Waals surface area contributed by atoms with Gasteiger partial charge in [0.2, 0.25) is 0 Å². The van der Waals surface area contributed by atoms with Crippen LogP contribution in [0.15, 0.2) is 42.5 Å². The number of rotatable bonds is 6. The summed E-state index contributed by atoms with van der Waals surface area (Å²) in [6.45, 7) is 3.59. The molecule has 0 radical (unpaired) electrons. The largest absolute Gasteiger partial charge is 0.496 e. The molecule has 1 unspecified atom stereocenters. The first kappa shape index (κ1) is 18.4. The van der Waals surface area contributed by atoms with Gasteiger partial charge in [-0.05, 0) is 48.7 Å². The maximum atomic E-state index is 13.0. The van der Waals surface area contributed by atoms with Gasteiger partial charge in [0.05, 0.1) is 7.11 Å². The predicted molar refractivity (Wildman–Crippen MR) is 98.8 cm³/mol. The SMILES string of the molecule is COc1cc(C(=O)NC(C)Cc2ccc(F)cc2)ccc1C1CNNC1. The molecule has 3 rings (SSSR count). The zero-order valence-corrected chi connectivity index (χ0v) is 15.0. The van der Waals surface area contributed by atoms with E-state index in [1.165, 1.54) is 12.1 Å². The van der Waals surface area contributed by atoms with Crippen LogP contribution in [-0.4, -0.2) is 32.1 Å². The predicted octanol–water partition coefficient (Wildman–Crippen LogP) is 2.39. The number of halogens is 1. The zero-order valence-electron chi connectivity index (χ0n) is 15.0. The van der Waals surface area contributed by atoms with E-state index in [4.69, 9.17) is 4.74 Å². The average Bonchev–Trinajstić information content (AvgIpc) is 3.17. The number of methoxy groups -OCH3 is 1. The maximum Gasteiger partial charge on any atom is 0.251 e. The van der Waals surface area contributed by atoms with Crippen molar-refractivity contribution in [3.8, 4) is 5.75 Å². The van der Waals surface area contributed by atoms with Gasteiger partial charge in [0, 0.05) is 30.6 Å². The molecule has 0 spiro atoms. The molecule has 1 atom stereocenters. The highest BCUT2D eigenvalue weighted by Crippen LogP contribution is 2.28. The van der Waals surface area contributed by atoms with E-state index in [0.717, 1.165) is 30.0 Å². The van der Waals surface area contributed by atoms with Crippen LogP contribution < -0.4 is 20.9 Å². The number of hydrogen-bond acceptors (Lipinski definition) is 4. The summed E-state index contributed by atoms with van der Waals surface area (Å²) in [5.41, 5.74) is 8.84. The monoisotopic (exact) mass is 357 g/mol. The summed E-state index contributed by atoms with van der Waals surface area (Å²) in [5, 5.41) is 2.99. The molecular formula is C20H24FN3O2. The van der Waals surface area contributed by atoms with Gasteiger partial charge in [-0.3, -0.25) is 15.6 Å². The Morgan fingerprint density at radius 2 is 1.92 bits per heavy atom. The van der Waals surface area contributed by atoms with Crippen LogP contribution >= 0.6 is 0 Å². The minimum absolute atomic E-state index is 0.0677. The Balaban J connectivity index is 1.65. The molecule has 2 aromatic carbocycles. The molecule has 0 bridgehead atoms. The number of nitrogens with one attached hydrogen (secondary N) is 3. The molecule has 5 nitrogen and oxygen atoms in total. The summed E-state index contributed by atoms with van der Waals surface area (Å²) in [5.74, 6) is 0.635. The van der Waals surface area contributed by atoms with Crippen LogP contribution in [0.5, 0.6) is 5.75 Å². The van der Waals surface area contributed by atoms with E-state index in [1.54, 1.807) is 25.3 Å². The molecule has 26 heavy (non-hydrogen) atoms. The summed E-state index contributed by atoms with van der Waals surface area (Å²) in [6.07, 6.45) is 0.640. The fraction of sp³-hybridized carbons (Fsp3) is 0.350. The topological polar surface area (TPSA) is 62.4 Å². The van der Waals surface area contributed by atoms with Crippen LogP contribution in [0.25, 0.3) is 0 Å². The Bertz CT molecular complexity index is 758. The number of hydrazine groups is 1. The zero-order chi connectivity index (χ0) is 18.5. The van der Waals surface area contributed by atoms with Crippen molar-refractivity contribution in [2.24, 2.45) is 0 Å². The number of amides is 1. The first-order valence-corrected chi connectivity index (χ1v) is 8.75. The Hall–Kier alpha value is -2.44. The second-order valence-corrected chi connectivity index (χ2v) is 6.62. The van der Waals surface area contributed by atoms with Crippen LogP contribution in [-0.2, 0) is 6.42 Å². The first-order chi connectivity index (χ1) is 12.6. The summed E-state index contributed by atoms with van der Waals surface area (Å²) in [6, 6.07) is 11.8. The molecule has 138 valence electrons. The maximum absolute atomic E-state index is 13.0. The molecule has 1 fully saturated rings. The highest BCUT2D eigenvalue weighted by Gasteiger charge is 2.21. The van der Waals surface area contributed by atoms with Gasteiger partial charge in [-0.2, -0.15) is 0 Å². The van der Waals surface area contributed by atoms with Gasteiger partial charge in [-0.25, -0.2) is 4.39 Å². The molecular weight excluding hydrogens is 333 g/mol. The van der Waals surface area contributed by atoms with Gasteiger partial charge in [0.25, 0.3) is 5.91 Å². The van der Waals surface area contributed by atoms with E-state index in [0.29, 0.717) is 17.9 Å². The quantitative estimate of drug-likeness (QED) is 0.743. The van der Waals surface area contributed by atoms with Crippen LogP contribution in [0.1, 0.15) is 34.3 Å². The molecule has 0 aromatic heterocycles. The van der Waals surface area contributed by atoms with Crippen molar-refractivity contribution >= 4 is 5.91 Å². The smallest absolute Gasteiger partial charge is 0.251 e. The summed E-state index contributed by atoms with van der Waals surface area (Å²) in [7, 11) is 1.62. The first-order valence-electron chi connectivity index (χ1n) is 8.75. The highest BCUT2D eigenvalue weighted by molar-refractivity contribution is 5.95. The van der Waals surface area contributed by atoms with Gasteiger partial charge < -0.3 is 10.1 Å². The summed E-state index contributed by atoms with van der Waals surface area (Å²) >= 11 is 0. The molecule has 0 saturated carbocycles. The van der Waals surface area contributed by atoms with Crippen LogP contribution in [0.3, 0.4) is 0 Å². The van der Waals surface area contributed by atoms with Crippen LogP contribution in [0, 0.1) is 5.82 Å². The number of ether oxygens (including phenoxy) is 1. The van der Waals surface area contributed by atoms with Gasteiger partial charge in [-0.15, -0.1) is 0 Å². The fourth-order valence-electron chi connectivity index (χ4n) is 3.20. The number of carbonyl (C=O) groups excluding carboxylic acids is 1. The summed E-state index contributed by atoms with van der Waals surface area (Å²) in [4.78, 5) is 12.5. The Labute approximate surface area is 152 Å². The third-order valence-electron chi connectivity index (χ3n) is 4.59. The standard InChI is InChI=1S/C20H24FN3O2/c1-13(9-14-3-6-17(21)7-4-14)24-20(25)15-5-8-18(19(10-15)26-2)16-11-22-23-12-16/h3-8,10,13,16,22-23H,9,11-12H2,1-2H3,(H,24,25). The molecule has 6 heteroatoms. The van der Waals surface area contributed by atoms with E-state index < -0.39 is 0 Å². The van der Waals surface area contributed by atoms with Gasteiger partial charge in [0.1, 0.15) is 11.6 Å². The average molecular weight is 357 g/mol. The van der Waals surface area contributed by atoms with Gasteiger partial charge in [0.15, 0.2) is 0 Å². The number of carbonyl (C=O) groups is 1.